The molecule has 0 bridgehead atoms. The number of hydrogen-bond donors (Lipinski definition) is 3. The van der Waals surface area contributed by atoms with Crippen molar-refractivity contribution >= 4 is 17.4 Å². The number of halogens is 1. The van der Waals surface area contributed by atoms with Gasteiger partial charge in [0.15, 0.2) is 0 Å². The highest BCUT2D eigenvalue weighted by Crippen LogP contribution is 2.40. The molecule has 1 aliphatic carbocycles. The Morgan fingerprint density at radius 3 is 3.12 bits per heavy atom. The maximum atomic E-state index is 14.1. The number of nitrogen functional groups attached to an aromatic ring is 1. The minimum absolute atomic E-state index is 0.262. The highest BCUT2D eigenvalue weighted by molar-refractivity contribution is 5.94. The van der Waals surface area contributed by atoms with Gasteiger partial charge >= 0.3 is 0 Å². The predicted molar refractivity (Wildman–Crippen MR) is 92.2 cm³/mol. The summed E-state index contributed by atoms with van der Waals surface area (Å²) in [6.45, 7) is 2.30. The number of rotatable bonds is 1. The number of fused-ring (bicyclic) bond motifs is 2. The van der Waals surface area contributed by atoms with Gasteiger partial charge in [-0.3, -0.25) is 4.79 Å². The van der Waals surface area contributed by atoms with Crippen molar-refractivity contribution in [3.05, 3.63) is 40.8 Å². The van der Waals surface area contributed by atoms with Gasteiger partial charge in [-0.2, -0.15) is 9.78 Å². The average molecular weight is 344 g/mol. The molecule has 132 valence electrons. The Balaban J connectivity index is 1.79. The molecular weight excluding hydrogens is 323 g/mol. The van der Waals surface area contributed by atoms with Crippen LogP contribution in [0.1, 0.15) is 41.4 Å². The minimum atomic E-state index is -0.913. The first-order chi connectivity index (χ1) is 11.9. The molecule has 0 fully saturated rings. The number of nitrogens with zero attached hydrogens (tertiary/aromatic N) is 2. The number of nitrogens with one attached hydrogen (secondary N) is 1. The number of hydrogen-bond acceptors (Lipinski definition) is 5. The van der Waals surface area contributed by atoms with Crippen LogP contribution in [0.15, 0.2) is 18.2 Å². The van der Waals surface area contributed by atoms with Gasteiger partial charge in [0, 0.05) is 18.5 Å². The summed E-state index contributed by atoms with van der Waals surface area (Å²) in [5.74, 6) is -0.342. The van der Waals surface area contributed by atoms with Crippen LogP contribution in [-0.4, -0.2) is 33.4 Å². The van der Waals surface area contributed by atoms with Gasteiger partial charge in [-0.1, -0.05) is 12.1 Å². The Morgan fingerprint density at radius 2 is 2.32 bits per heavy atom. The van der Waals surface area contributed by atoms with Gasteiger partial charge in [0.05, 0.1) is 22.9 Å². The van der Waals surface area contributed by atoms with E-state index in [2.05, 4.69) is 10.4 Å². The summed E-state index contributed by atoms with van der Waals surface area (Å²) in [6, 6.07) is 4.76. The van der Waals surface area contributed by atoms with Crippen molar-refractivity contribution in [2.75, 3.05) is 17.6 Å². The predicted octanol–water partition coefficient (Wildman–Crippen LogP) is 1.87. The van der Waals surface area contributed by atoms with Crippen LogP contribution in [-0.2, 0) is 18.3 Å². The van der Waals surface area contributed by atoms with E-state index in [0.717, 1.165) is 11.3 Å². The zero-order valence-corrected chi connectivity index (χ0v) is 14.1. The summed E-state index contributed by atoms with van der Waals surface area (Å²) >= 11 is 0. The number of aryl methyl sites for hydroxylation is 1. The standard InChI is InChI=1S/C18H21FN4O2/c1-18(7-8-21-15-12(18)3-2-4-13(15)19)17(25)23-16(20)11-9-10(24)5-6-14(11)22-23/h2-4,10,21,24H,5-9,20H2,1H3. The van der Waals surface area contributed by atoms with E-state index in [1.54, 1.807) is 12.1 Å². The molecule has 0 saturated carbocycles. The number of aliphatic hydroxyl groups is 1. The van der Waals surface area contributed by atoms with E-state index in [-0.39, 0.29) is 17.5 Å². The number of nitrogens with two attached hydrogens (primary N) is 1. The van der Waals surface area contributed by atoms with Gasteiger partial charge in [-0.05, 0) is 37.8 Å². The van der Waals surface area contributed by atoms with Crippen molar-refractivity contribution in [2.45, 2.75) is 44.1 Å². The van der Waals surface area contributed by atoms with Crippen LogP contribution >= 0.6 is 0 Å². The molecule has 2 aromatic rings. The van der Waals surface area contributed by atoms with Crippen molar-refractivity contribution in [2.24, 2.45) is 0 Å². The van der Waals surface area contributed by atoms with Crippen LogP contribution in [0.25, 0.3) is 0 Å². The molecule has 0 saturated heterocycles. The van der Waals surface area contributed by atoms with E-state index in [4.69, 9.17) is 5.73 Å². The van der Waals surface area contributed by atoms with Crippen LogP contribution in [0.5, 0.6) is 0 Å². The molecule has 2 heterocycles. The van der Waals surface area contributed by atoms with Gasteiger partial charge in [-0.25, -0.2) is 4.39 Å². The first-order valence-corrected chi connectivity index (χ1v) is 8.54. The SMILES string of the molecule is CC1(C(=O)n2nc3c(c2N)CC(O)CC3)CCNc2c(F)cccc21. The van der Waals surface area contributed by atoms with Crippen LogP contribution in [0.3, 0.4) is 0 Å². The molecule has 25 heavy (non-hydrogen) atoms. The maximum absolute atomic E-state index is 14.1. The van der Waals surface area contributed by atoms with Crippen molar-refractivity contribution in [1.29, 1.82) is 0 Å². The second-order valence-electron chi connectivity index (χ2n) is 7.10. The van der Waals surface area contributed by atoms with E-state index in [9.17, 15) is 14.3 Å². The van der Waals surface area contributed by atoms with Crippen molar-refractivity contribution < 1.29 is 14.3 Å². The highest BCUT2D eigenvalue weighted by Gasteiger charge is 2.42. The second kappa shape index (κ2) is 5.56. The lowest BCUT2D eigenvalue weighted by Crippen LogP contribution is -2.42. The summed E-state index contributed by atoms with van der Waals surface area (Å²) < 4.78 is 15.4. The lowest BCUT2D eigenvalue weighted by Gasteiger charge is -2.35. The van der Waals surface area contributed by atoms with E-state index in [1.165, 1.54) is 10.7 Å². The van der Waals surface area contributed by atoms with Crippen LogP contribution in [0.2, 0.25) is 0 Å². The largest absolute Gasteiger partial charge is 0.393 e. The van der Waals surface area contributed by atoms with Crippen molar-refractivity contribution in [1.82, 2.24) is 9.78 Å². The minimum Gasteiger partial charge on any atom is -0.393 e. The summed E-state index contributed by atoms with van der Waals surface area (Å²) in [4.78, 5) is 13.3. The fourth-order valence-corrected chi connectivity index (χ4v) is 3.92. The highest BCUT2D eigenvalue weighted by atomic mass is 19.1. The van der Waals surface area contributed by atoms with E-state index < -0.39 is 11.5 Å². The Labute approximate surface area is 144 Å². The Bertz CT molecular complexity index is 863. The molecule has 0 amide bonds. The Hall–Kier alpha value is -2.41. The molecule has 1 aliphatic heterocycles. The van der Waals surface area contributed by atoms with Crippen LogP contribution < -0.4 is 11.1 Å². The fourth-order valence-electron chi connectivity index (χ4n) is 3.92. The molecule has 2 unspecified atom stereocenters. The molecule has 7 heteroatoms. The topological polar surface area (TPSA) is 93.2 Å². The smallest absolute Gasteiger partial charge is 0.259 e. The van der Waals surface area contributed by atoms with Gasteiger partial charge < -0.3 is 16.2 Å². The number of carbonyl (C=O) groups excluding carboxylic acids is 1. The third kappa shape index (κ3) is 2.33. The van der Waals surface area contributed by atoms with E-state index in [1.807, 2.05) is 6.92 Å². The molecular formula is C18H21FN4O2. The quantitative estimate of drug-likeness (QED) is 0.734. The van der Waals surface area contributed by atoms with Gasteiger partial charge in [0.25, 0.3) is 5.91 Å². The molecule has 4 rings (SSSR count). The first kappa shape index (κ1) is 16.1. The van der Waals surface area contributed by atoms with Crippen LogP contribution in [0, 0.1) is 5.82 Å². The number of anilines is 2. The molecule has 1 aromatic carbocycles. The van der Waals surface area contributed by atoms with Gasteiger partial charge in [0.2, 0.25) is 0 Å². The number of benzene rings is 1. The molecule has 2 atom stereocenters. The molecule has 6 nitrogen and oxygen atoms in total. The summed E-state index contributed by atoms with van der Waals surface area (Å²) in [6.07, 6.45) is 1.70. The molecule has 0 radical (unpaired) electrons. The lowest BCUT2D eigenvalue weighted by atomic mass is 9.75. The van der Waals surface area contributed by atoms with Crippen molar-refractivity contribution in [3.8, 4) is 0 Å². The zero-order valence-electron chi connectivity index (χ0n) is 14.1. The summed E-state index contributed by atoms with van der Waals surface area (Å²) in [7, 11) is 0. The molecule has 1 aromatic heterocycles. The second-order valence-corrected chi connectivity index (χ2v) is 7.10. The Morgan fingerprint density at radius 1 is 1.52 bits per heavy atom. The summed E-state index contributed by atoms with van der Waals surface area (Å²) in [5.41, 5.74) is 7.79. The van der Waals surface area contributed by atoms with Gasteiger partial charge in [-0.15, -0.1) is 0 Å². The Kier molecular flexibility index (Phi) is 3.57. The molecule has 0 spiro atoms. The number of aromatic nitrogens is 2. The monoisotopic (exact) mass is 344 g/mol. The third-order valence-electron chi connectivity index (χ3n) is 5.46. The summed E-state index contributed by atoms with van der Waals surface area (Å²) in [5, 5.41) is 17.3. The average Bonchev–Trinajstić information content (AvgIpc) is 2.92. The fraction of sp³-hybridized carbons (Fsp3) is 0.444. The normalized spacial score (nSPS) is 25.0. The third-order valence-corrected chi connectivity index (χ3v) is 5.46. The lowest BCUT2D eigenvalue weighted by molar-refractivity contribution is 0.0785. The van der Waals surface area contributed by atoms with Crippen LogP contribution in [0.4, 0.5) is 15.9 Å². The maximum Gasteiger partial charge on any atom is 0.259 e. The molecule has 2 aliphatic rings. The number of aliphatic hydroxyl groups excluding tert-OH is 1. The zero-order chi connectivity index (χ0) is 17.8. The number of para-hydroxylation sites is 1. The van der Waals surface area contributed by atoms with E-state index in [0.29, 0.717) is 43.5 Å². The van der Waals surface area contributed by atoms with Crippen molar-refractivity contribution in [3.63, 3.8) is 0 Å². The van der Waals surface area contributed by atoms with E-state index >= 15 is 0 Å². The molecule has 4 N–H and O–H groups in total. The van der Waals surface area contributed by atoms with Gasteiger partial charge in [0.1, 0.15) is 11.6 Å². The first-order valence-electron chi connectivity index (χ1n) is 8.54. The number of carbonyl (C=O) groups is 1.